The van der Waals surface area contributed by atoms with Gasteiger partial charge < -0.3 is 0 Å². The van der Waals surface area contributed by atoms with E-state index >= 15 is 0 Å². The van der Waals surface area contributed by atoms with Crippen molar-refractivity contribution in [1.29, 1.82) is 0 Å². The summed E-state index contributed by atoms with van der Waals surface area (Å²) >= 11 is 0.0149. The summed E-state index contributed by atoms with van der Waals surface area (Å²) in [7, 11) is 0. The summed E-state index contributed by atoms with van der Waals surface area (Å²) in [6.07, 6.45) is 16.5. The van der Waals surface area contributed by atoms with Crippen LogP contribution in [0.25, 0.3) is 0 Å². The maximum atomic E-state index is 5.69. The van der Waals surface area contributed by atoms with Crippen molar-refractivity contribution in [3.8, 4) is 5.75 Å². The summed E-state index contributed by atoms with van der Waals surface area (Å²) in [6, 6.07) is 8.63. The van der Waals surface area contributed by atoms with Crippen LogP contribution in [0.4, 0.5) is 0 Å². The smallest absolute Gasteiger partial charge is 0.191 e. The van der Waals surface area contributed by atoms with Crippen LogP contribution in [0.5, 0.6) is 5.75 Å². The third-order valence-electron chi connectivity index (χ3n) is 3.51. The second kappa shape index (κ2) is 11.1. The molecule has 20 heavy (non-hydrogen) atoms. The predicted molar refractivity (Wildman–Crippen MR) is 92.6 cm³/mol. The van der Waals surface area contributed by atoms with E-state index in [2.05, 4.69) is 43.7 Å². The zero-order valence-electron chi connectivity index (χ0n) is 13.5. The maximum Gasteiger partial charge on any atom is 0.191 e. The number of aryl methyl sites for hydroxylation is 1. The first-order valence-electron chi connectivity index (χ1n) is 8.07. The largest absolute Gasteiger partial charge is 0.287 e. The average molecular weight is 296 g/mol. The molecule has 0 aliphatic rings. The van der Waals surface area contributed by atoms with E-state index in [1.54, 1.807) is 0 Å². The molecule has 0 heterocycles. The lowest BCUT2D eigenvalue weighted by atomic mass is 10.0. The number of rotatable bonds is 11. The lowest BCUT2D eigenvalue weighted by Crippen LogP contribution is -2.04. The van der Waals surface area contributed by atoms with E-state index in [0.29, 0.717) is 0 Å². The Kier molecular flexibility index (Phi) is 9.65. The second-order valence-electron chi connectivity index (χ2n) is 5.69. The Hall–Kier alpha value is -0.630. The predicted octanol–water partition coefficient (Wildman–Crippen LogP) is 5.54. The summed E-state index contributed by atoms with van der Waals surface area (Å²) in [5, 5.41) is 0. The highest BCUT2D eigenvalue weighted by Gasteiger charge is 2.05. The van der Waals surface area contributed by atoms with Crippen molar-refractivity contribution in [2.75, 3.05) is 12.5 Å². The van der Waals surface area contributed by atoms with Crippen LogP contribution in [0.3, 0.4) is 0 Å². The number of hydrogen-bond acceptors (Lipinski definition) is 1. The molecule has 0 saturated carbocycles. The van der Waals surface area contributed by atoms with Crippen LogP contribution in [0.2, 0.25) is 0 Å². The van der Waals surface area contributed by atoms with Gasteiger partial charge in [-0.05, 0) is 30.5 Å². The Morgan fingerprint density at radius 3 is 1.90 bits per heavy atom. The fourth-order valence-electron chi connectivity index (χ4n) is 2.37. The average Bonchev–Trinajstić information content (AvgIpc) is 2.43. The highest BCUT2D eigenvalue weighted by Crippen LogP contribution is 2.16. The van der Waals surface area contributed by atoms with Gasteiger partial charge in [0.25, 0.3) is 0 Å². The molecule has 0 unspecified atom stereocenters. The van der Waals surface area contributed by atoms with Crippen LogP contribution >= 0.6 is 0 Å². The molecule has 0 fully saturated rings. The highest BCUT2D eigenvalue weighted by molar-refractivity contribution is 7.91. The third-order valence-corrected chi connectivity index (χ3v) is 4.03. The second-order valence-corrected chi connectivity index (χ2v) is 7.34. The lowest BCUT2D eigenvalue weighted by molar-refractivity contribution is 0.575. The summed E-state index contributed by atoms with van der Waals surface area (Å²) in [5.41, 5.74) is 1.44. The molecule has 1 nitrogen and oxygen atoms in total. The molecule has 0 aliphatic carbocycles. The molecule has 1 aromatic rings. The van der Waals surface area contributed by atoms with Gasteiger partial charge in [-0.25, -0.2) is 0 Å². The molecule has 0 bridgehead atoms. The molecule has 0 amide bonds. The molecule has 0 aromatic heterocycles. The van der Waals surface area contributed by atoms with E-state index in [1.165, 1.54) is 63.4 Å². The topological polar surface area (TPSA) is 9.23 Å². The van der Waals surface area contributed by atoms with Gasteiger partial charge in [-0.15, -0.1) is 0 Å². The summed E-state index contributed by atoms with van der Waals surface area (Å²) in [6.45, 7) is 2.28. The fraction of sp³-hybridized carbons (Fsp3) is 0.667. The van der Waals surface area contributed by atoms with Crippen molar-refractivity contribution < 1.29 is 4.18 Å². The number of unbranched alkanes of at least 4 members (excludes halogenated alkanes) is 7. The molecule has 0 aliphatic heterocycles. The van der Waals surface area contributed by atoms with Gasteiger partial charge in [0.15, 0.2) is 16.9 Å². The third kappa shape index (κ3) is 8.52. The van der Waals surface area contributed by atoms with Gasteiger partial charge in [-0.1, -0.05) is 64.0 Å². The van der Waals surface area contributed by atoms with E-state index in [0.717, 1.165) is 5.75 Å². The maximum absolute atomic E-state index is 5.69. The van der Waals surface area contributed by atoms with Crippen molar-refractivity contribution in [2.45, 2.75) is 64.7 Å². The molecular weight excluding hydrogens is 264 g/mol. The van der Waals surface area contributed by atoms with Crippen LogP contribution in [0.15, 0.2) is 24.3 Å². The normalized spacial score (nSPS) is 11.0. The Bertz CT molecular complexity index is 332. The quantitative estimate of drug-likeness (QED) is 0.384. The standard InChI is InChI=1S/C18H31OS/c1-4-5-6-7-8-9-10-11-12-17-13-15-18(16-14-17)19-20(2)3/h13-16H,4-12H2,1-3H3/q+1. The van der Waals surface area contributed by atoms with E-state index in [1.807, 2.05) is 0 Å². The number of hydrogen-bond donors (Lipinski definition) is 0. The molecule has 0 saturated heterocycles. The first-order chi connectivity index (χ1) is 9.72. The first kappa shape index (κ1) is 17.4. The van der Waals surface area contributed by atoms with Gasteiger partial charge in [0, 0.05) is 0 Å². The minimum absolute atomic E-state index is 0.0149. The summed E-state index contributed by atoms with van der Waals surface area (Å²) in [5.74, 6) is 0.998. The van der Waals surface area contributed by atoms with Gasteiger partial charge in [-0.3, -0.25) is 4.18 Å². The van der Waals surface area contributed by atoms with Gasteiger partial charge in [0.1, 0.15) is 12.5 Å². The molecule has 1 aromatic carbocycles. The van der Waals surface area contributed by atoms with E-state index in [-0.39, 0.29) is 11.2 Å². The van der Waals surface area contributed by atoms with Crippen LogP contribution in [-0.4, -0.2) is 12.5 Å². The van der Waals surface area contributed by atoms with E-state index < -0.39 is 0 Å². The van der Waals surface area contributed by atoms with Crippen molar-refractivity contribution in [1.82, 2.24) is 0 Å². The first-order valence-corrected chi connectivity index (χ1v) is 10.0. The van der Waals surface area contributed by atoms with Crippen LogP contribution in [0, 0.1) is 0 Å². The molecule has 0 spiro atoms. The molecule has 0 radical (unpaired) electrons. The molecular formula is C18H31OS+. The number of benzene rings is 1. The van der Waals surface area contributed by atoms with Crippen molar-refractivity contribution in [3.63, 3.8) is 0 Å². The molecule has 114 valence electrons. The monoisotopic (exact) mass is 295 g/mol. The van der Waals surface area contributed by atoms with Gasteiger partial charge in [0.2, 0.25) is 0 Å². The van der Waals surface area contributed by atoms with Crippen molar-refractivity contribution in [3.05, 3.63) is 29.8 Å². The lowest BCUT2D eigenvalue weighted by Gasteiger charge is -2.04. The van der Waals surface area contributed by atoms with Gasteiger partial charge >= 0.3 is 0 Å². The fourth-order valence-corrected chi connectivity index (χ4v) is 2.86. The van der Waals surface area contributed by atoms with Crippen LogP contribution in [-0.2, 0) is 17.6 Å². The minimum Gasteiger partial charge on any atom is -0.287 e. The SMILES string of the molecule is CCCCCCCCCCc1ccc(O[S+](C)C)cc1. The molecule has 0 atom stereocenters. The molecule has 0 N–H and O–H groups in total. The van der Waals surface area contributed by atoms with Crippen molar-refractivity contribution in [2.24, 2.45) is 0 Å². The van der Waals surface area contributed by atoms with Gasteiger partial charge in [0.05, 0.1) is 0 Å². The van der Waals surface area contributed by atoms with E-state index in [4.69, 9.17) is 4.18 Å². The summed E-state index contributed by atoms with van der Waals surface area (Å²) in [4.78, 5) is 0. The zero-order valence-corrected chi connectivity index (χ0v) is 14.3. The molecule has 2 heteroatoms. The Morgan fingerprint density at radius 1 is 0.800 bits per heavy atom. The highest BCUT2D eigenvalue weighted by atomic mass is 32.2. The Morgan fingerprint density at radius 2 is 1.35 bits per heavy atom. The van der Waals surface area contributed by atoms with Crippen molar-refractivity contribution >= 4 is 11.2 Å². The Labute approximate surface area is 128 Å². The molecule has 1 rings (SSSR count). The Balaban J connectivity index is 2.07. The summed E-state index contributed by atoms with van der Waals surface area (Å²) < 4.78 is 5.69. The van der Waals surface area contributed by atoms with Crippen LogP contribution in [0.1, 0.15) is 63.9 Å². The van der Waals surface area contributed by atoms with Gasteiger partial charge in [-0.2, -0.15) is 0 Å². The van der Waals surface area contributed by atoms with E-state index in [9.17, 15) is 0 Å². The van der Waals surface area contributed by atoms with Crippen LogP contribution < -0.4 is 4.18 Å². The minimum atomic E-state index is 0.0149. The zero-order chi connectivity index (χ0) is 14.6.